The number of nitrogens with one attached hydrogen (secondary N) is 1. The predicted molar refractivity (Wildman–Crippen MR) is 80.6 cm³/mol. The Labute approximate surface area is 139 Å². The Morgan fingerprint density at radius 2 is 1.75 bits per heavy atom. The molecule has 0 aromatic rings. The fourth-order valence-corrected chi connectivity index (χ4v) is 4.01. The lowest BCUT2D eigenvalue weighted by molar-refractivity contribution is -0.146. The Bertz CT molecular complexity index is 561. The van der Waals surface area contributed by atoms with Crippen LogP contribution in [0.3, 0.4) is 0 Å². The summed E-state index contributed by atoms with van der Waals surface area (Å²) in [6.45, 7) is 3.28. The number of carboxylic acid groups (broad SMARTS) is 1. The van der Waals surface area contributed by atoms with Gasteiger partial charge >= 0.3 is 5.97 Å². The van der Waals surface area contributed by atoms with E-state index in [1.807, 2.05) is 13.8 Å². The molecular formula is C16H22N2O6. The highest BCUT2D eigenvalue weighted by Crippen LogP contribution is 2.48. The van der Waals surface area contributed by atoms with E-state index in [1.54, 1.807) is 0 Å². The van der Waals surface area contributed by atoms with E-state index in [1.165, 1.54) is 0 Å². The van der Waals surface area contributed by atoms with Gasteiger partial charge in [-0.3, -0.25) is 19.3 Å². The number of hydrogen-bond acceptors (Lipinski definition) is 5. The molecule has 3 amide bonds. The average Bonchev–Trinajstić information content (AvgIpc) is 3.16. The van der Waals surface area contributed by atoms with Crippen molar-refractivity contribution in [1.29, 1.82) is 0 Å². The second-order valence-electron chi connectivity index (χ2n) is 7.19. The van der Waals surface area contributed by atoms with Gasteiger partial charge in [-0.25, -0.2) is 4.79 Å². The first-order valence-electron chi connectivity index (χ1n) is 8.32. The first-order chi connectivity index (χ1) is 11.3. The number of carbonyl (C=O) groups excluding carboxylic acids is 3. The third-order valence-corrected chi connectivity index (χ3v) is 5.02. The number of rotatable bonds is 6. The molecule has 0 saturated carbocycles. The Balaban J connectivity index is 1.63. The highest BCUT2D eigenvalue weighted by Gasteiger charge is 2.62. The molecule has 8 heteroatoms. The van der Waals surface area contributed by atoms with Crippen molar-refractivity contribution in [2.75, 3.05) is 6.54 Å². The lowest BCUT2D eigenvalue weighted by atomic mass is 9.81. The molecule has 132 valence electrons. The molecule has 5 atom stereocenters. The predicted octanol–water partition coefficient (Wildman–Crippen LogP) is -0.236. The lowest BCUT2D eigenvalue weighted by Crippen LogP contribution is -2.48. The summed E-state index contributed by atoms with van der Waals surface area (Å²) in [6, 6.07) is -1.02. The summed E-state index contributed by atoms with van der Waals surface area (Å²) in [5.41, 5.74) is 0. The summed E-state index contributed by atoms with van der Waals surface area (Å²) in [5.74, 6) is -3.36. The summed E-state index contributed by atoms with van der Waals surface area (Å²) >= 11 is 0. The van der Waals surface area contributed by atoms with Crippen molar-refractivity contribution in [3.05, 3.63) is 0 Å². The number of carbonyl (C=O) groups is 4. The van der Waals surface area contributed by atoms with Crippen molar-refractivity contribution in [2.24, 2.45) is 17.8 Å². The lowest BCUT2D eigenvalue weighted by Gasteiger charge is -2.20. The molecule has 24 heavy (non-hydrogen) atoms. The average molecular weight is 338 g/mol. The van der Waals surface area contributed by atoms with Crippen molar-refractivity contribution in [2.45, 2.75) is 51.4 Å². The molecule has 0 radical (unpaired) electrons. The molecule has 0 aliphatic carbocycles. The molecule has 3 aliphatic rings. The quantitative estimate of drug-likeness (QED) is 0.647. The molecule has 0 aromatic heterocycles. The summed E-state index contributed by atoms with van der Waals surface area (Å²) in [4.78, 5) is 49.2. The zero-order chi connectivity index (χ0) is 17.6. The van der Waals surface area contributed by atoms with Crippen LogP contribution in [0.2, 0.25) is 0 Å². The van der Waals surface area contributed by atoms with E-state index in [0.717, 1.165) is 17.7 Å². The largest absolute Gasteiger partial charge is 0.480 e. The van der Waals surface area contributed by atoms with Gasteiger partial charge in [0, 0.05) is 0 Å². The van der Waals surface area contributed by atoms with Crippen molar-refractivity contribution >= 4 is 23.7 Å². The van der Waals surface area contributed by atoms with E-state index in [0.29, 0.717) is 0 Å². The second kappa shape index (κ2) is 6.16. The van der Waals surface area contributed by atoms with Crippen LogP contribution in [0.5, 0.6) is 0 Å². The molecule has 8 nitrogen and oxygen atoms in total. The van der Waals surface area contributed by atoms with Crippen molar-refractivity contribution in [3.63, 3.8) is 0 Å². The summed E-state index contributed by atoms with van der Waals surface area (Å²) in [7, 11) is 0. The topological polar surface area (TPSA) is 113 Å². The Morgan fingerprint density at radius 1 is 1.21 bits per heavy atom. The zero-order valence-corrected chi connectivity index (χ0v) is 13.7. The van der Waals surface area contributed by atoms with Crippen LogP contribution in [0.25, 0.3) is 0 Å². The Hall–Kier alpha value is -1.96. The number of amides is 3. The van der Waals surface area contributed by atoms with Gasteiger partial charge in [0.2, 0.25) is 17.7 Å². The van der Waals surface area contributed by atoms with E-state index < -0.39 is 36.3 Å². The van der Waals surface area contributed by atoms with E-state index >= 15 is 0 Å². The van der Waals surface area contributed by atoms with E-state index in [9.17, 15) is 19.2 Å². The van der Waals surface area contributed by atoms with Crippen LogP contribution in [0, 0.1) is 17.8 Å². The molecule has 2 bridgehead atoms. The molecule has 0 aromatic carbocycles. The molecule has 0 spiro atoms. The van der Waals surface area contributed by atoms with Crippen LogP contribution < -0.4 is 5.32 Å². The van der Waals surface area contributed by atoms with E-state index in [-0.39, 0.29) is 36.4 Å². The van der Waals surface area contributed by atoms with Crippen molar-refractivity contribution < 1.29 is 29.0 Å². The zero-order valence-electron chi connectivity index (χ0n) is 13.7. The van der Waals surface area contributed by atoms with Gasteiger partial charge in [0.05, 0.1) is 24.0 Å². The molecule has 2 N–H and O–H groups in total. The van der Waals surface area contributed by atoms with Crippen LogP contribution >= 0.6 is 0 Å². The highest BCUT2D eigenvalue weighted by atomic mass is 16.5. The van der Waals surface area contributed by atoms with Gasteiger partial charge < -0.3 is 15.2 Å². The first-order valence-corrected chi connectivity index (χ1v) is 8.32. The minimum atomic E-state index is -1.13. The number of fused-ring (bicyclic) bond motifs is 5. The molecule has 3 fully saturated rings. The summed E-state index contributed by atoms with van der Waals surface area (Å²) in [6.07, 6.45) is 1.36. The number of carboxylic acids is 1. The van der Waals surface area contributed by atoms with Crippen LogP contribution in [0.4, 0.5) is 0 Å². The summed E-state index contributed by atoms with van der Waals surface area (Å²) in [5, 5.41) is 11.6. The van der Waals surface area contributed by atoms with Gasteiger partial charge in [-0.1, -0.05) is 13.8 Å². The van der Waals surface area contributed by atoms with E-state index in [4.69, 9.17) is 9.84 Å². The number of nitrogens with zero attached hydrogens (tertiary/aromatic N) is 1. The molecule has 4 unspecified atom stereocenters. The maximum Gasteiger partial charge on any atom is 0.326 e. The maximum absolute atomic E-state index is 12.4. The fourth-order valence-electron chi connectivity index (χ4n) is 4.01. The smallest absolute Gasteiger partial charge is 0.326 e. The maximum atomic E-state index is 12.4. The number of aliphatic carboxylic acids is 1. The van der Waals surface area contributed by atoms with Crippen molar-refractivity contribution in [3.8, 4) is 0 Å². The standard InChI is InChI=1S/C16H22N2O6/c1-7(2)5-8(16(22)23)17-11(19)6-18-14(20)12-9-3-4-10(24-9)13(12)15(18)21/h7-10,12-13H,3-6H2,1-2H3,(H,17,19)(H,22,23)/t8-,9?,10?,12?,13?/m1/s1. The van der Waals surface area contributed by atoms with Gasteiger partial charge in [0.1, 0.15) is 12.6 Å². The van der Waals surface area contributed by atoms with Crippen LogP contribution in [0.1, 0.15) is 33.1 Å². The molecule has 3 rings (SSSR count). The Kier molecular flexibility index (Phi) is 4.33. The number of likely N-dealkylation sites (tertiary alicyclic amines) is 1. The summed E-state index contributed by atoms with van der Waals surface area (Å²) < 4.78 is 5.63. The van der Waals surface area contributed by atoms with Crippen LogP contribution in [-0.2, 0) is 23.9 Å². The normalized spacial score (nSPS) is 32.4. The molecule has 3 heterocycles. The minimum absolute atomic E-state index is 0.0913. The van der Waals surface area contributed by atoms with Gasteiger partial charge in [-0.2, -0.15) is 0 Å². The van der Waals surface area contributed by atoms with E-state index in [2.05, 4.69) is 5.32 Å². The number of ether oxygens (including phenoxy) is 1. The third-order valence-electron chi connectivity index (χ3n) is 5.02. The SMILES string of the molecule is CC(C)C[C@@H](NC(=O)CN1C(=O)C2C3CCC(O3)C2C1=O)C(=O)O. The first kappa shape index (κ1) is 16.9. The molecule has 3 saturated heterocycles. The molecule has 3 aliphatic heterocycles. The van der Waals surface area contributed by atoms with Crippen LogP contribution in [-0.4, -0.2) is 58.5 Å². The van der Waals surface area contributed by atoms with Gasteiger partial charge in [0.25, 0.3) is 0 Å². The monoisotopic (exact) mass is 338 g/mol. The van der Waals surface area contributed by atoms with Gasteiger partial charge in [-0.05, 0) is 25.2 Å². The number of hydrogen-bond donors (Lipinski definition) is 2. The fraction of sp³-hybridized carbons (Fsp3) is 0.750. The highest BCUT2D eigenvalue weighted by molar-refractivity contribution is 6.08. The Morgan fingerprint density at radius 3 is 2.21 bits per heavy atom. The molecular weight excluding hydrogens is 316 g/mol. The van der Waals surface area contributed by atoms with Gasteiger partial charge in [-0.15, -0.1) is 0 Å². The minimum Gasteiger partial charge on any atom is -0.480 e. The van der Waals surface area contributed by atoms with Crippen LogP contribution in [0.15, 0.2) is 0 Å². The van der Waals surface area contributed by atoms with Gasteiger partial charge in [0.15, 0.2) is 0 Å². The number of imide groups is 1. The third kappa shape index (κ3) is 2.79. The van der Waals surface area contributed by atoms with Crippen molar-refractivity contribution in [1.82, 2.24) is 10.2 Å². The second-order valence-corrected chi connectivity index (χ2v) is 7.19.